The molecule has 0 saturated carbocycles. The summed E-state index contributed by atoms with van der Waals surface area (Å²) in [6.07, 6.45) is -0.931. The van der Waals surface area contributed by atoms with Crippen LogP contribution < -0.4 is 10.6 Å². The summed E-state index contributed by atoms with van der Waals surface area (Å²) < 4.78 is 5.30. The van der Waals surface area contributed by atoms with Crippen LogP contribution in [0.3, 0.4) is 0 Å². The van der Waals surface area contributed by atoms with Crippen molar-refractivity contribution in [1.29, 1.82) is 5.26 Å². The summed E-state index contributed by atoms with van der Waals surface area (Å²) >= 11 is 1.18. The minimum Gasteiger partial charge on any atom is -0.449 e. The van der Waals surface area contributed by atoms with E-state index in [1.54, 1.807) is 48.5 Å². The molecule has 7 nitrogen and oxygen atoms in total. The third kappa shape index (κ3) is 7.79. The maximum absolute atomic E-state index is 12.6. The predicted octanol–water partition coefficient (Wildman–Crippen LogP) is 3.61. The first kappa shape index (κ1) is 24.0. The van der Waals surface area contributed by atoms with Crippen molar-refractivity contribution >= 4 is 35.2 Å². The lowest BCUT2D eigenvalue weighted by atomic mass is 10.2. The molecular formula is C23H25N3O4S. The second-order valence-electron chi connectivity index (χ2n) is 7.21. The van der Waals surface area contributed by atoms with E-state index in [-0.39, 0.29) is 29.0 Å². The standard InChI is InChI=1S/C23H25N3O4S/c1-15(2)13-25-22(28)16(3)30-23(29)19-9-4-5-10-20(19)31-14-21(27)26-18-8-6-7-17(11-18)12-24/h4-11,15-16H,13-14H2,1-3H3,(H,25,28)(H,26,27). The van der Waals surface area contributed by atoms with Crippen LogP contribution in [-0.2, 0) is 14.3 Å². The van der Waals surface area contributed by atoms with Gasteiger partial charge >= 0.3 is 5.97 Å². The second kappa shape index (κ2) is 11.8. The quantitative estimate of drug-likeness (QED) is 0.456. The van der Waals surface area contributed by atoms with Crippen molar-refractivity contribution in [2.24, 2.45) is 5.92 Å². The van der Waals surface area contributed by atoms with E-state index in [4.69, 9.17) is 10.00 Å². The first-order valence-electron chi connectivity index (χ1n) is 9.80. The summed E-state index contributed by atoms with van der Waals surface area (Å²) in [4.78, 5) is 37.5. The maximum atomic E-state index is 12.6. The molecule has 2 N–H and O–H groups in total. The van der Waals surface area contributed by atoms with Gasteiger partial charge in [0.25, 0.3) is 5.91 Å². The van der Waals surface area contributed by atoms with Gasteiger partial charge in [-0.15, -0.1) is 11.8 Å². The van der Waals surface area contributed by atoms with Gasteiger partial charge < -0.3 is 15.4 Å². The Labute approximate surface area is 186 Å². The van der Waals surface area contributed by atoms with Gasteiger partial charge in [-0.05, 0) is 43.2 Å². The fraction of sp³-hybridized carbons (Fsp3) is 0.304. The molecule has 0 aliphatic carbocycles. The molecule has 0 aliphatic heterocycles. The van der Waals surface area contributed by atoms with Gasteiger partial charge in [-0.25, -0.2) is 4.79 Å². The summed E-state index contributed by atoms with van der Waals surface area (Å²) in [5, 5.41) is 14.4. The van der Waals surface area contributed by atoms with Crippen molar-refractivity contribution in [3.8, 4) is 6.07 Å². The van der Waals surface area contributed by atoms with E-state index in [0.29, 0.717) is 22.7 Å². The number of ether oxygens (including phenoxy) is 1. The molecule has 31 heavy (non-hydrogen) atoms. The second-order valence-corrected chi connectivity index (χ2v) is 8.23. The normalized spacial score (nSPS) is 11.3. The van der Waals surface area contributed by atoms with E-state index < -0.39 is 12.1 Å². The van der Waals surface area contributed by atoms with Crippen molar-refractivity contribution in [3.63, 3.8) is 0 Å². The molecule has 0 fully saturated rings. The van der Waals surface area contributed by atoms with Gasteiger partial charge in [0.15, 0.2) is 6.10 Å². The van der Waals surface area contributed by atoms with Gasteiger partial charge in [0, 0.05) is 17.1 Å². The van der Waals surface area contributed by atoms with E-state index >= 15 is 0 Å². The fourth-order valence-electron chi connectivity index (χ4n) is 2.49. The van der Waals surface area contributed by atoms with E-state index in [0.717, 1.165) is 0 Å². The SMILES string of the molecule is CC(C)CNC(=O)C(C)OC(=O)c1ccccc1SCC(=O)Nc1cccc(C#N)c1. The van der Waals surface area contributed by atoms with Gasteiger partial charge in [-0.3, -0.25) is 9.59 Å². The highest BCUT2D eigenvalue weighted by Gasteiger charge is 2.21. The average molecular weight is 440 g/mol. The van der Waals surface area contributed by atoms with Crippen molar-refractivity contribution < 1.29 is 19.1 Å². The molecule has 1 atom stereocenters. The number of anilines is 1. The highest BCUT2D eigenvalue weighted by Crippen LogP contribution is 2.24. The van der Waals surface area contributed by atoms with Gasteiger partial charge in [-0.2, -0.15) is 5.26 Å². The third-order valence-corrected chi connectivity index (χ3v) is 5.15. The molecule has 8 heteroatoms. The Morgan fingerprint density at radius 3 is 2.55 bits per heavy atom. The lowest BCUT2D eigenvalue weighted by Gasteiger charge is -2.15. The molecule has 0 spiro atoms. The van der Waals surface area contributed by atoms with Gasteiger partial charge in [-0.1, -0.05) is 32.0 Å². The molecule has 1 unspecified atom stereocenters. The molecule has 0 aromatic heterocycles. The molecule has 0 aliphatic rings. The van der Waals surface area contributed by atoms with Gasteiger partial charge in [0.05, 0.1) is 22.9 Å². The number of hydrogen-bond donors (Lipinski definition) is 2. The first-order valence-corrected chi connectivity index (χ1v) is 10.8. The van der Waals surface area contributed by atoms with Crippen LogP contribution in [0.15, 0.2) is 53.4 Å². The Bertz CT molecular complexity index is 985. The number of nitrogens with one attached hydrogen (secondary N) is 2. The molecule has 2 rings (SSSR count). The van der Waals surface area contributed by atoms with Crippen molar-refractivity contribution in [1.82, 2.24) is 5.32 Å². The number of benzene rings is 2. The molecule has 0 bridgehead atoms. The van der Waals surface area contributed by atoms with Crippen LogP contribution in [-0.4, -0.2) is 36.2 Å². The Morgan fingerprint density at radius 1 is 1.10 bits per heavy atom. The number of carbonyl (C=O) groups excluding carboxylic acids is 3. The number of esters is 1. The molecular weight excluding hydrogens is 414 g/mol. The number of rotatable bonds is 9. The largest absolute Gasteiger partial charge is 0.449 e. The number of thioether (sulfide) groups is 1. The van der Waals surface area contributed by atoms with E-state index in [2.05, 4.69) is 10.6 Å². The van der Waals surface area contributed by atoms with Crippen molar-refractivity contribution in [2.45, 2.75) is 31.8 Å². The molecule has 0 heterocycles. The minimum atomic E-state index is -0.931. The zero-order valence-corrected chi connectivity index (χ0v) is 18.5. The molecule has 0 saturated heterocycles. The number of carbonyl (C=O) groups is 3. The van der Waals surface area contributed by atoms with Crippen molar-refractivity contribution in [2.75, 3.05) is 17.6 Å². The smallest absolute Gasteiger partial charge is 0.340 e. The average Bonchev–Trinajstić information content (AvgIpc) is 2.76. The molecule has 2 amide bonds. The first-order chi connectivity index (χ1) is 14.8. The van der Waals surface area contributed by atoms with Crippen LogP contribution in [0.4, 0.5) is 5.69 Å². The van der Waals surface area contributed by atoms with Crippen LogP contribution in [0, 0.1) is 17.2 Å². The number of hydrogen-bond acceptors (Lipinski definition) is 6. The summed E-state index contributed by atoms with van der Waals surface area (Å²) in [7, 11) is 0. The summed E-state index contributed by atoms with van der Waals surface area (Å²) in [5.74, 6) is -0.906. The minimum absolute atomic E-state index is 0.0610. The van der Waals surface area contributed by atoms with Crippen LogP contribution in [0.5, 0.6) is 0 Å². The summed E-state index contributed by atoms with van der Waals surface area (Å²) in [5.41, 5.74) is 1.26. The molecule has 0 radical (unpaired) electrons. The maximum Gasteiger partial charge on any atom is 0.340 e. The highest BCUT2D eigenvalue weighted by molar-refractivity contribution is 8.00. The zero-order valence-electron chi connectivity index (χ0n) is 17.7. The Balaban J connectivity index is 1.96. The third-order valence-electron chi connectivity index (χ3n) is 4.08. The number of nitrogens with zero attached hydrogens (tertiary/aromatic N) is 1. The van der Waals surface area contributed by atoms with E-state index in [1.165, 1.54) is 18.7 Å². The highest BCUT2D eigenvalue weighted by atomic mass is 32.2. The lowest BCUT2D eigenvalue weighted by Crippen LogP contribution is -2.37. The zero-order chi connectivity index (χ0) is 22.8. The molecule has 2 aromatic carbocycles. The van der Waals surface area contributed by atoms with Crippen LogP contribution >= 0.6 is 11.8 Å². The van der Waals surface area contributed by atoms with Crippen LogP contribution in [0.25, 0.3) is 0 Å². The van der Waals surface area contributed by atoms with Crippen LogP contribution in [0.1, 0.15) is 36.7 Å². The van der Waals surface area contributed by atoms with Crippen molar-refractivity contribution in [3.05, 3.63) is 59.7 Å². The lowest BCUT2D eigenvalue weighted by molar-refractivity contribution is -0.129. The topological polar surface area (TPSA) is 108 Å². The van der Waals surface area contributed by atoms with Gasteiger partial charge in [0.1, 0.15) is 0 Å². The predicted molar refractivity (Wildman–Crippen MR) is 120 cm³/mol. The monoisotopic (exact) mass is 439 g/mol. The Hall–Kier alpha value is -3.31. The van der Waals surface area contributed by atoms with E-state index in [1.807, 2.05) is 19.9 Å². The summed E-state index contributed by atoms with van der Waals surface area (Å²) in [6.45, 7) is 5.97. The van der Waals surface area contributed by atoms with Gasteiger partial charge in [0.2, 0.25) is 5.91 Å². The fourth-order valence-corrected chi connectivity index (χ4v) is 3.33. The Morgan fingerprint density at radius 2 is 1.84 bits per heavy atom. The molecule has 162 valence electrons. The Kier molecular flexibility index (Phi) is 9.10. The summed E-state index contributed by atoms with van der Waals surface area (Å²) in [6, 6.07) is 15.4. The number of nitriles is 1. The molecule has 2 aromatic rings. The van der Waals surface area contributed by atoms with E-state index in [9.17, 15) is 14.4 Å². The number of amides is 2. The van der Waals surface area contributed by atoms with Crippen LogP contribution in [0.2, 0.25) is 0 Å².